The number of likely N-dealkylation sites (tertiary alicyclic amines) is 1. The van der Waals surface area contributed by atoms with E-state index in [1.165, 1.54) is 0 Å². The van der Waals surface area contributed by atoms with Gasteiger partial charge in [-0.1, -0.05) is 6.92 Å². The number of carbonyl (C=O) groups excluding carboxylic acids is 1. The third-order valence-electron chi connectivity index (χ3n) is 4.14. The van der Waals surface area contributed by atoms with Crippen LogP contribution in [0.2, 0.25) is 0 Å². The number of nitrogens with two attached hydrogens (primary N) is 1. The zero-order chi connectivity index (χ0) is 14.0. The highest BCUT2D eigenvalue weighted by molar-refractivity contribution is 5.95. The highest BCUT2D eigenvalue weighted by atomic mass is 16.3. The maximum Gasteiger partial charge on any atom is 0.254 e. The zero-order valence-electron chi connectivity index (χ0n) is 11.6. The van der Waals surface area contributed by atoms with Crippen molar-refractivity contribution in [1.29, 1.82) is 0 Å². The summed E-state index contributed by atoms with van der Waals surface area (Å²) in [4.78, 5) is 14.4. The normalized spacial score (nSPS) is 23.4. The largest absolute Gasteiger partial charge is 0.508 e. The summed E-state index contributed by atoms with van der Waals surface area (Å²) in [6.07, 6.45) is 1.00. The second-order valence-corrected chi connectivity index (χ2v) is 5.51. The summed E-state index contributed by atoms with van der Waals surface area (Å²) in [6, 6.07) is 4.88. The average molecular weight is 262 g/mol. The van der Waals surface area contributed by atoms with Crippen LogP contribution in [0.4, 0.5) is 0 Å². The Labute approximate surface area is 114 Å². The van der Waals surface area contributed by atoms with Crippen molar-refractivity contribution in [3.63, 3.8) is 0 Å². The highest BCUT2D eigenvalue weighted by Crippen LogP contribution is 2.25. The number of hydrogen-bond acceptors (Lipinski definition) is 3. The van der Waals surface area contributed by atoms with E-state index in [2.05, 4.69) is 6.92 Å². The Bertz CT molecular complexity index is 473. The molecular weight excluding hydrogens is 240 g/mol. The van der Waals surface area contributed by atoms with Gasteiger partial charge in [0.1, 0.15) is 5.75 Å². The average Bonchev–Trinajstić information content (AvgIpc) is 2.38. The van der Waals surface area contributed by atoms with Gasteiger partial charge in [0, 0.05) is 18.7 Å². The SMILES string of the molecule is Cc1cc(O)ccc1C(=O)N1CCC(C)C(CN)C1. The summed E-state index contributed by atoms with van der Waals surface area (Å²) >= 11 is 0. The topological polar surface area (TPSA) is 66.6 Å². The molecule has 104 valence electrons. The molecule has 0 radical (unpaired) electrons. The molecule has 4 nitrogen and oxygen atoms in total. The molecule has 1 amide bonds. The lowest BCUT2D eigenvalue weighted by molar-refractivity contribution is 0.0618. The quantitative estimate of drug-likeness (QED) is 0.853. The number of amides is 1. The molecule has 1 aromatic carbocycles. The molecule has 1 aliphatic heterocycles. The van der Waals surface area contributed by atoms with Crippen molar-refractivity contribution in [2.45, 2.75) is 20.3 Å². The van der Waals surface area contributed by atoms with Crippen LogP contribution in [0.5, 0.6) is 5.75 Å². The molecule has 0 aromatic heterocycles. The lowest BCUT2D eigenvalue weighted by Crippen LogP contribution is -2.45. The van der Waals surface area contributed by atoms with Crippen molar-refractivity contribution in [3.05, 3.63) is 29.3 Å². The van der Waals surface area contributed by atoms with Gasteiger partial charge in [0.15, 0.2) is 0 Å². The van der Waals surface area contributed by atoms with Gasteiger partial charge in [-0.2, -0.15) is 0 Å². The van der Waals surface area contributed by atoms with Crippen molar-refractivity contribution in [2.75, 3.05) is 19.6 Å². The van der Waals surface area contributed by atoms with Crippen molar-refractivity contribution in [2.24, 2.45) is 17.6 Å². The number of aryl methyl sites for hydroxylation is 1. The molecule has 3 N–H and O–H groups in total. The zero-order valence-corrected chi connectivity index (χ0v) is 11.6. The molecule has 4 heteroatoms. The number of aromatic hydroxyl groups is 1. The van der Waals surface area contributed by atoms with E-state index in [0.29, 0.717) is 23.9 Å². The standard InChI is InChI=1S/C15H22N2O2/c1-10-5-6-17(9-12(10)8-16)15(19)14-4-3-13(18)7-11(14)2/h3-4,7,10,12,18H,5-6,8-9,16H2,1-2H3. The molecule has 1 saturated heterocycles. The monoisotopic (exact) mass is 262 g/mol. The van der Waals surface area contributed by atoms with Crippen LogP contribution < -0.4 is 5.73 Å². The molecule has 1 heterocycles. The van der Waals surface area contributed by atoms with Crippen molar-refractivity contribution in [3.8, 4) is 5.75 Å². The van der Waals surface area contributed by atoms with Gasteiger partial charge in [0.2, 0.25) is 0 Å². The van der Waals surface area contributed by atoms with Crippen LogP contribution >= 0.6 is 0 Å². The van der Waals surface area contributed by atoms with Crippen LogP contribution in [0.3, 0.4) is 0 Å². The minimum absolute atomic E-state index is 0.0443. The molecule has 2 rings (SSSR count). The molecule has 2 unspecified atom stereocenters. The first kappa shape index (κ1) is 13.9. The molecule has 0 saturated carbocycles. The van der Waals surface area contributed by atoms with Crippen molar-refractivity contribution < 1.29 is 9.90 Å². The summed E-state index contributed by atoms with van der Waals surface area (Å²) < 4.78 is 0. The molecule has 1 aromatic rings. The van der Waals surface area contributed by atoms with Gasteiger partial charge in [-0.3, -0.25) is 4.79 Å². The van der Waals surface area contributed by atoms with E-state index in [1.54, 1.807) is 18.2 Å². The fourth-order valence-corrected chi connectivity index (χ4v) is 2.70. The minimum Gasteiger partial charge on any atom is -0.508 e. The first-order chi connectivity index (χ1) is 9.02. The van der Waals surface area contributed by atoms with Gasteiger partial charge in [-0.15, -0.1) is 0 Å². The first-order valence-electron chi connectivity index (χ1n) is 6.82. The fraction of sp³-hybridized carbons (Fsp3) is 0.533. The molecule has 0 aliphatic carbocycles. The van der Waals surface area contributed by atoms with E-state index in [-0.39, 0.29) is 11.7 Å². The number of piperidine rings is 1. The molecule has 1 fully saturated rings. The van der Waals surface area contributed by atoms with Crippen LogP contribution in [0, 0.1) is 18.8 Å². The Balaban J connectivity index is 2.15. The first-order valence-corrected chi connectivity index (χ1v) is 6.82. The fourth-order valence-electron chi connectivity index (χ4n) is 2.70. The summed E-state index contributed by atoms with van der Waals surface area (Å²) in [5, 5.41) is 9.40. The van der Waals surface area contributed by atoms with E-state index >= 15 is 0 Å². The van der Waals surface area contributed by atoms with Gasteiger partial charge < -0.3 is 15.7 Å². The number of phenolic OH excluding ortho intramolecular Hbond substituents is 1. The number of nitrogens with zero attached hydrogens (tertiary/aromatic N) is 1. The smallest absolute Gasteiger partial charge is 0.254 e. The third kappa shape index (κ3) is 2.89. The van der Waals surface area contributed by atoms with E-state index in [4.69, 9.17) is 5.73 Å². The Morgan fingerprint density at radius 3 is 2.89 bits per heavy atom. The summed E-state index contributed by atoms with van der Waals surface area (Å²) in [7, 11) is 0. The Hall–Kier alpha value is -1.55. The maximum atomic E-state index is 12.5. The Kier molecular flexibility index (Phi) is 4.10. The molecule has 2 atom stereocenters. The molecule has 0 spiro atoms. The molecule has 0 bridgehead atoms. The van der Waals surface area contributed by atoms with Gasteiger partial charge in [0.25, 0.3) is 5.91 Å². The van der Waals surface area contributed by atoms with Crippen molar-refractivity contribution in [1.82, 2.24) is 4.90 Å². The van der Waals surface area contributed by atoms with Crippen LogP contribution in [0.15, 0.2) is 18.2 Å². The summed E-state index contributed by atoms with van der Waals surface area (Å²) in [6.45, 7) is 6.19. The Morgan fingerprint density at radius 1 is 1.53 bits per heavy atom. The van der Waals surface area contributed by atoms with Crippen molar-refractivity contribution >= 4 is 5.91 Å². The third-order valence-corrected chi connectivity index (χ3v) is 4.14. The van der Waals surface area contributed by atoms with E-state index < -0.39 is 0 Å². The van der Waals surface area contributed by atoms with Gasteiger partial charge in [-0.25, -0.2) is 0 Å². The maximum absolute atomic E-state index is 12.5. The number of carbonyl (C=O) groups is 1. The number of phenols is 1. The van der Waals surface area contributed by atoms with Gasteiger partial charge >= 0.3 is 0 Å². The van der Waals surface area contributed by atoms with Crippen LogP contribution in [-0.4, -0.2) is 35.5 Å². The van der Waals surface area contributed by atoms with Crippen LogP contribution in [0.1, 0.15) is 29.3 Å². The van der Waals surface area contributed by atoms with Gasteiger partial charge in [-0.05, 0) is 55.5 Å². The molecular formula is C15H22N2O2. The number of benzene rings is 1. The lowest BCUT2D eigenvalue weighted by atomic mass is 9.87. The van der Waals surface area contributed by atoms with Crippen LogP contribution in [0.25, 0.3) is 0 Å². The highest BCUT2D eigenvalue weighted by Gasteiger charge is 2.28. The molecule has 19 heavy (non-hydrogen) atoms. The second-order valence-electron chi connectivity index (χ2n) is 5.51. The van der Waals surface area contributed by atoms with E-state index in [1.807, 2.05) is 11.8 Å². The Morgan fingerprint density at radius 2 is 2.26 bits per heavy atom. The number of rotatable bonds is 2. The van der Waals surface area contributed by atoms with E-state index in [9.17, 15) is 9.90 Å². The lowest BCUT2D eigenvalue weighted by Gasteiger charge is -2.36. The molecule has 1 aliphatic rings. The number of hydrogen-bond donors (Lipinski definition) is 2. The summed E-state index contributed by atoms with van der Waals surface area (Å²) in [5.74, 6) is 1.20. The predicted octanol–water partition coefficient (Wildman–Crippen LogP) is 1.76. The second kappa shape index (κ2) is 5.61. The minimum atomic E-state index is 0.0443. The van der Waals surface area contributed by atoms with Gasteiger partial charge in [0.05, 0.1) is 0 Å². The van der Waals surface area contributed by atoms with Crippen LogP contribution in [-0.2, 0) is 0 Å². The summed E-state index contributed by atoms with van der Waals surface area (Å²) in [5.41, 5.74) is 7.26. The van der Waals surface area contributed by atoms with E-state index in [0.717, 1.165) is 25.1 Å². The predicted molar refractivity (Wildman–Crippen MR) is 75.1 cm³/mol.